The first kappa shape index (κ1) is 21.0. The van der Waals surface area contributed by atoms with Gasteiger partial charge in [-0.1, -0.05) is 11.2 Å². The van der Waals surface area contributed by atoms with Crippen LogP contribution in [-0.2, 0) is 11.3 Å². The normalized spacial score (nSPS) is 15.1. The maximum Gasteiger partial charge on any atom is 0.336 e. The number of fused-ring (bicyclic) bond motifs is 1. The van der Waals surface area contributed by atoms with Crippen molar-refractivity contribution in [2.45, 2.75) is 32.2 Å². The van der Waals surface area contributed by atoms with Crippen LogP contribution in [0.4, 0.5) is 5.69 Å². The summed E-state index contributed by atoms with van der Waals surface area (Å²) in [6.07, 6.45) is 3.48. The number of rotatable bonds is 5. The second-order valence-electron chi connectivity index (χ2n) is 8.20. The number of anilines is 1. The van der Waals surface area contributed by atoms with Crippen molar-refractivity contribution in [3.8, 4) is 11.5 Å². The predicted octanol–water partition coefficient (Wildman–Crippen LogP) is 3.58. The molecule has 1 N–H and O–H groups in total. The van der Waals surface area contributed by atoms with Gasteiger partial charge in [0.25, 0.3) is 0 Å². The fraction of sp³-hybridized carbons (Fsp3) is 0.292. The Labute approximate surface area is 189 Å². The molecule has 4 aromatic rings. The number of nitrogens with zero attached hydrogens (tertiary/aromatic N) is 4. The van der Waals surface area contributed by atoms with Crippen LogP contribution in [-0.4, -0.2) is 39.0 Å². The third kappa shape index (κ3) is 4.68. The average molecular weight is 445 g/mol. The fourth-order valence-electron chi connectivity index (χ4n) is 4.22. The number of nitrogens with one attached hydrogen (secondary N) is 1. The first-order chi connectivity index (χ1) is 16.0. The van der Waals surface area contributed by atoms with Gasteiger partial charge in [0.05, 0.1) is 0 Å². The molecule has 0 unspecified atom stereocenters. The number of carbonyl (C=O) groups excluding carboxylic acids is 1. The smallest absolute Gasteiger partial charge is 0.336 e. The Morgan fingerprint density at radius 3 is 2.79 bits per heavy atom. The molecule has 1 amide bonds. The first-order valence-corrected chi connectivity index (χ1v) is 10.9. The number of pyridine rings is 1. The molecule has 5 rings (SSSR count). The van der Waals surface area contributed by atoms with E-state index in [1.54, 1.807) is 18.3 Å². The van der Waals surface area contributed by atoms with Crippen LogP contribution in [0.1, 0.15) is 37.1 Å². The molecule has 9 nitrogen and oxygen atoms in total. The van der Waals surface area contributed by atoms with Crippen molar-refractivity contribution in [2.75, 3.05) is 18.4 Å². The molecule has 33 heavy (non-hydrogen) atoms. The van der Waals surface area contributed by atoms with Gasteiger partial charge in [-0.3, -0.25) is 14.7 Å². The second-order valence-corrected chi connectivity index (χ2v) is 8.20. The summed E-state index contributed by atoms with van der Waals surface area (Å²) in [6, 6.07) is 12.5. The number of benzene rings is 1. The summed E-state index contributed by atoms with van der Waals surface area (Å²) in [6.45, 7) is 3.76. The molecular weight excluding hydrogens is 422 g/mol. The minimum absolute atomic E-state index is 0.177. The molecule has 1 fully saturated rings. The Morgan fingerprint density at radius 2 is 2.03 bits per heavy atom. The zero-order valence-corrected chi connectivity index (χ0v) is 18.2. The second kappa shape index (κ2) is 8.95. The Balaban J connectivity index is 1.27. The van der Waals surface area contributed by atoms with Gasteiger partial charge in [0.2, 0.25) is 17.6 Å². The summed E-state index contributed by atoms with van der Waals surface area (Å²) in [7, 11) is 0. The maximum absolute atomic E-state index is 12.1. The summed E-state index contributed by atoms with van der Waals surface area (Å²) in [5.41, 5.74) is 2.26. The van der Waals surface area contributed by atoms with Crippen LogP contribution in [0.5, 0.6) is 0 Å². The van der Waals surface area contributed by atoms with Gasteiger partial charge in [-0.2, -0.15) is 4.98 Å². The maximum atomic E-state index is 12.1. The van der Waals surface area contributed by atoms with Gasteiger partial charge in [-0.15, -0.1) is 0 Å². The van der Waals surface area contributed by atoms with Crippen molar-refractivity contribution in [2.24, 2.45) is 0 Å². The van der Waals surface area contributed by atoms with E-state index in [-0.39, 0.29) is 11.8 Å². The molecular formula is C24H23N5O4. The molecule has 1 aliphatic heterocycles. The SMILES string of the molecule is CC(=O)Nc1ccc2c(CN3CCC(c4nc(-c5ccccn5)no4)CC3)cc(=O)oc2c1. The highest BCUT2D eigenvalue weighted by Gasteiger charge is 2.26. The monoisotopic (exact) mass is 445 g/mol. The van der Waals surface area contributed by atoms with E-state index in [2.05, 4.69) is 25.3 Å². The number of piperidine rings is 1. The Kier molecular flexibility index (Phi) is 5.70. The highest BCUT2D eigenvalue weighted by molar-refractivity contribution is 5.92. The molecule has 4 heterocycles. The van der Waals surface area contributed by atoms with E-state index >= 15 is 0 Å². The van der Waals surface area contributed by atoms with Gasteiger partial charge in [0.1, 0.15) is 11.3 Å². The first-order valence-electron chi connectivity index (χ1n) is 10.9. The van der Waals surface area contributed by atoms with E-state index in [1.807, 2.05) is 30.3 Å². The van der Waals surface area contributed by atoms with E-state index in [0.29, 0.717) is 35.2 Å². The number of likely N-dealkylation sites (tertiary alicyclic amines) is 1. The van der Waals surface area contributed by atoms with Crippen molar-refractivity contribution in [3.05, 3.63) is 70.5 Å². The van der Waals surface area contributed by atoms with E-state index < -0.39 is 5.63 Å². The minimum Gasteiger partial charge on any atom is -0.423 e. The number of amides is 1. The summed E-state index contributed by atoms with van der Waals surface area (Å²) < 4.78 is 10.9. The van der Waals surface area contributed by atoms with Gasteiger partial charge in [-0.25, -0.2) is 4.79 Å². The van der Waals surface area contributed by atoms with E-state index in [0.717, 1.165) is 36.9 Å². The van der Waals surface area contributed by atoms with Crippen molar-refractivity contribution in [3.63, 3.8) is 0 Å². The Morgan fingerprint density at radius 1 is 1.18 bits per heavy atom. The average Bonchev–Trinajstić information content (AvgIpc) is 3.30. The quantitative estimate of drug-likeness (QED) is 0.464. The van der Waals surface area contributed by atoms with E-state index in [1.165, 1.54) is 6.92 Å². The molecule has 0 saturated carbocycles. The van der Waals surface area contributed by atoms with Gasteiger partial charge >= 0.3 is 5.63 Å². The number of hydrogen-bond donors (Lipinski definition) is 1. The minimum atomic E-state index is -0.403. The Hall–Kier alpha value is -3.85. The van der Waals surface area contributed by atoms with Gasteiger partial charge in [-0.05, 0) is 55.8 Å². The highest BCUT2D eigenvalue weighted by Crippen LogP contribution is 2.30. The number of aromatic nitrogens is 3. The van der Waals surface area contributed by atoms with Gasteiger partial charge in [0, 0.05) is 48.8 Å². The lowest BCUT2D eigenvalue weighted by Gasteiger charge is -2.30. The van der Waals surface area contributed by atoms with E-state index in [9.17, 15) is 9.59 Å². The largest absolute Gasteiger partial charge is 0.423 e. The molecule has 168 valence electrons. The number of carbonyl (C=O) groups is 1. The van der Waals surface area contributed by atoms with Crippen molar-refractivity contribution in [1.82, 2.24) is 20.0 Å². The third-order valence-corrected chi connectivity index (χ3v) is 5.82. The molecule has 0 aliphatic carbocycles. The van der Waals surface area contributed by atoms with Crippen LogP contribution in [0, 0.1) is 0 Å². The zero-order valence-electron chi connectivity index (χ0n) is 18.2. The molecule has 0 atom stereocenters. The summed E-state index contributed by atoms with van der Waals surface area (Å²) in [4.78, 5) is 34.6. The standard InChI is InChI=1S/C24H23N5O4/c1-15(30)26-18-5-6-19-17(12-22(31)32-21(19)13-18)14-29-10-7-16(8-11-29)24-27-23(28-33-24)20-4-2-3-9-25-20/h2-6,9,12-13,16H,7-8,10-11,14H2,1H3,(H,26,30). The van der Waals surface area contributed by atoms with Crippen LogP contribution in [0.15, 0.2) is 62.4 Å². The zero-order chi connectivity index (χ0) is 22.8. The third-order valence-electron chi connectivity index (χ3n) is 5.82. The molecule has 3 aromatic heterocycles. The van der Waals surface area contributed by atoms with Crippen LogP contribution in [0.3, 0.4) is 0 Å². The highest BCUT2D eigenvalue weighted by atomic mass is 16.5. The van der Waals surface area contributed by atoms with Gasteiger partial charge < -0.3 is 14.3 Å². The van der Waals surface area contributed by atoms with Crippen molar-refractivity contribution >= 4 is 22.6 Å². The lowest BCUT2D eigenvalue weighted by atomic mass is 9.96. The number of hydrogen-bond acceptors (Lipinski definition) is 8. The molecule has 1 aromatic carbocycles. The lowest BCUT2D eigenvalue weighted by Crippen LogP contribution is -2.32. The molecule has 1 aliphatic rings. The molecule has 1 saturated heterocycles. The summed E-state index contributed by atoms with van der Waals surface area (Å²) in [5, 5.41) is 7.66. The summed E-state index contributed by atoms with van der Waals surface area (Å²) in [5.74, 6) is 1.17. The van der Waals surface area contributed by atoms with Crippen LogP contribution >= 0.6 is 0 Å². The molecule has 0 spiro atoms. The molecule has 9 heteroatoms. The van der Waals surface area contributed by atoms with Crippen LogP contribution in [0.2, 0.25) is 0 Å². The lowest BCUT2D eigenvalue weighted by molar-refractivity contribution is -0.114. The topological polar surface area (TPSA) is 114 Å². The Bertz CT molecular complexity index is 1340. The fourth-order valence-corrected chi connectivity index (χ4v) is 4.22. The van der Waals surface area contributed by atoms with E-state index in [4.69, 9.17) is 8.94 Å². The van der Waals surface area contributed by atoms with Crippen LogP contribution in [0.25, 0.3) is 22.5 Å². The van der Waals surface area contributed by atoms with Gasteiger partial charge in [0.15, 0.2) is 0 Å². The van der Waals surface area contributed by atoms with Crippen molar-refractivity contribution in [1.29, 1.82) is 0 Å². The van der Waals surface area contributed by atoms with Crippen LogP contribution < -0.4 is 10.9 Å². The summed E-state index contributed by atoms with van der Waals surface area (Å²) >= 11 is 0. The predicted molar refractivity (Wildman–Crippen MR) is 122 cm³/mol. The van der Waals surface area contributed by atoms with Crippen molar-refractivity contribution < 1.29 is 13.7 Å². The molecule has 0 bridgehead atoms. The molecule has 0 radical (unpaired) electrons.